The molecule has 0 saturated heterocycles. The molecule has 0 aliphatic carbocycles. The van der Waals surface area contributed by atoms with Gasteiger partial charge in [-0.05, 0) is 18.9 Å². The zero-order chi connectivity index (χ0) is 18.1. The summed E-state index contributed by atoms with van der Waals surface area (Å²) >= 11 is 1.59. The number of pyridine rings is 1. The van der Waals surface area contributed by atoms with Crippen LogP contribution in [0.3, 0.4) is 0 Å². The van der Waals surface area contributed by atoms with Gasteiger partial charge in [-0.1, -0.05) is 0 Å². The van der Waals surface area contributed by atoms with E-state index in [0.29, 0.717) is 28.8 Å². The molecule has 134 valence electrons. The first-order chi connectivity index (χ1) is 12.7. The second-order valence-corrected chi connectivity index (χ2v) is 6.51. The van der Waals surface area contributed by atoms with Crippen molar-refractivity contribution in [2.45, 2.75) is 12.7 Å². The molecular formula is C18H17N3O4S. The molecule has 1 aliphatic heterocycles. The molecule has 26 heavy (non-hydrogen) atoms. The van der Waals surface area contributed by atoms with E-state index in [2.05, 4.69) is 9.97 Å². The van der Waals surface area contributed by atoms with Crippen molar-refractivity contribution in [1.29, 1.82) is 0 Å². The third kappa shape index (κ3) is 2.82. The Bertz CT molecular complexity index is 1000. The van der Waals surface area contributed by atoms with Crippen LogP contribution in [-0.2, 0) is 5.75 Å². The number of fused-ring (bicyclic) bond motifs is 2. The number of imidazole rings is 1. The number of hydrogen-bond donors (Lipinski definition) is 0. The predicted octanol–water partition coefficient (Wildman–Crippen LogP) is 3.70. The first-order valence-corrected chi connectivity index (χ1v) is 8.84. The standard InChI is InChI=1S/C18H17N3O4S/c1-11-13(19-8-17(22-2)18(11)23-3)9-26-21-10-20-12-6-15-16(7-14(12)21)25-5-4-24-15/h4-8,10H,9H2,1-3H3. The van der Waals surface area contributed by atoms with Gasteiger partial charge < -0.3 is 18.9 Å². The fourth-order valence-electron chi connectivity index (χ4n) is 2.77. The molecule has 0 spiro atoms. The van der Waals surface area contributed by atoms with Gasteiger partial charge in [-0.3, -0.25) is 8.96 Å². The molecule has 8 heteroatoms. The van der Waals surface area contributed by atoms with Crippen LogP contribution in [0.4, 0.5) is 0 Å². The fraction of sp³-hybridized carbons (Fsp3) is 0.222. The van der Waals surface area contributed by atoms with E-state index in [1.54, 1.807) is 38.7 Å². The Morgan fingerprint density at radius 2 is 1.85 bits per heavy atom. The second kappa shape index (κ2) is 6.80. The monoisotopic (exact) mass is 371 g/mol. The van der Waals surface area contributed by atoms with Crippen LogP contribution >= 0.6 is 11.9 Å². The molecule has 0 unspecified atom stereocenters. The molecule has 1 aliphatic rings. The van der Waals surface area contributed by atoms with Crippen LogP contribution in [0.25, 0.3) is 11.0 Å². The van der Waals surface area contributed by atoms with Crippen LogP contribution in [0.2, 0.25) is 0 Å². The maximum absolute atomic E-state index is 5.49. The lowest BCUT2D eigenvalue weighted by Crippen LogP contribution is -2.00. The van der Waals surface area contributed by atoms with E-state index >= 15 is 0 Å². The average Bonchev–Trinajstić information content (AvgIpc) is 3.06. The van der Waals surface area contributed by atoms with E-state index in [0.717, 1.165) is 22.3 Å². The summed E-state index contributed by atoms with van der Waals surface area (Å²) in [5.74, 6) is 3.32. The largest absolute Gasteiger partial charge is 0.492 e. The molecule has 0 saturated carbocycles. The van der Waals surface area contributed by atoms with Crippen molar-refractivity contribution in [2.75, 3.05) is 14.2 Å². The van der Waals surface area contributed by atoms with E-state index in [4.69, 9.17) is 18.9 Å². The molecule has 0 atom stereocenters. The van der Waals surface area contributed by atoms with Gasteiger partial charge in [0, 0.05) is 17.7 Å². The molecule has 0 bridgehead atoms. The number of benzene rings is 1. The topological polar surface area (TPSA) is 67.6 Å². The summed E-state index contributed by atoms with van der Waals surface area (Å²) in [6, 6.07) is 3.79. The third-order valence-electron chi connectivity index (χ3n) is 4.12. The van der Waals surface area contributed by atoms with Crippen molar-refractivity contribution < 1.29 is 18.9 Å². The minimum absolute atomic E-state index is 0.628. The Hall–Kier alpha value is -2.87. The number of ether oxygens (including phenoxy) is 4. The van der Waals surface area contributed by atoms with Crippen LogP contribution in [-0.4, -0.2) is 28.2 Å². The Morgan fingerprint density at radius 3 is 2.58 bits per heavy atom. The summed E-state index contributed by atoms with van der Waals surface area (Å²) in [6.45, 7) is 1.98. The summed E-state index contributed by atoms with van der Waals surface area (Å²) in [7, 11) is 3.23. The van der Waals surface area contributed by atoms with Gasteiger partial charge in [0.25, 0.3) is 0 Å². The van der Waals surface area contributed by atoms with Crippen molar-refractivity contribution >= 4 is 23.0 Å². The van der Waals surface area contributed by atoms with Crippen molar-refractivity contribution in [3.8, 4) is 23.0 Å². The molecule has 0 amide bonds. The highest BCUT2D eigenvalue weighted by Crippen LogP contribution is 2.36. The molecule has 0 fully saturated rings. The fourth-order valence-corrected chi connectivity index (χ4v) is 3.72. The van der Waals surface area contributed by atoms with Crippen LogP contribution in [0, 0.1) is 6.92 Å². The maximum atomic E-state index is 5.49. The number of rotatable bonds is 5. The van der Waals surface area contributed by atoms with Crippen LogP contribution < -0.4 is 18.9 Å². The normalized spacial score (nSPS) is 12.4. The lowest BCUT2D eigenvalue weighted by molar-refractivity contribution is 0.350. The van der Waals surface area contributed by atoms with Crippen LogP contribution in [0.5, 0.6) is 23.0 Å². The van der Waals surface area contributed by atoms with E-state index in [1.165, 1.54) is 12.5 Å². The third-order valence-corrected chi connectivity index (χ3v) is 5.10. The van der Waals surface area contributed by atoms with Gasteiger partial charge in [0.1, 0.15) is 18.9 Å². The Labute approximate surface area is 154 Å². The zero-order valence-corrected chi connectivity index (χ0v) is 15.4. The lowest BCUT2D eigenvalue weighted by atomic mass is 10.2. The van der Waals surface area contributed by atoms with Gasteiger partial charge in [-0.25, -0.2) is 4.98 Å². The van der Waals surface area contributed by atoms with E-state index in [1.807, 2.05) is 23.0 Å². The molecule has 0 N–H and O–H groups in total. The smallest absolute Gasteiger partial charge is 0.179 e. The Balaban J connectivity index is 1.61. The van der Waals surface area contributed by atoms with E-state index < -0.39 is 0 Å². The summed E-state index contributed by atoms with van der Waals surface area (Å²) in [5, 5.41) is 0. The number of aromatic nitrogens is 3. The molecule has 3 aromatic rings. The van der Waals surface area contributed by atoms with Crippen molar-refractivity contribution in [3.05, 3.63) is 48.4 Å². The highest BCUT2D eigenvalue weighted by Gasteiger charge is 2.16. The highest BCUT2D eigenvalue weighted by molar-refractivity contribution is 7.97. The van der Waals surface area contributed by atoms with Crippen molar-refractivity contribution in [2.24, 2.45) is 0 Å². The highest BCUT2D eigenvalue weighted by atomic mass is 32.2. The van der Waals surface area contributed by atoms with Crippen molar-refractivity contribution in [3.63, 3.8) is 0 Å². The van der Waals surface area contributed by atoms with Gasteiger partial charge >= 0.3 is 0 Å². The number of nitrogens with zero attached hydrogens (tertiary/aromatic N) is 3. The van der Waals surface area contributed by atoms with E-state index in [-0.39, 0.29) is 0 Å². The molecule has 1 aromatic carbocycles. The first kappa shape index (κ1) is 16.6. The van der Waals surface area contributed by atoms with Gasteiger partial charge in [0.2, 0.25) is 0 Å². The quantitative estimate of drug-likeness (QED) is 0.677. The molecular weight excluding hydrogens is 354 g/mol. The van der Waals surface area contributed by atoms with Crippen molar-refractivity contribution in [1.82, 2.24) is 13.9 Å². The van der Waals surface area contributed by atoms with E-state index in [9.17, 15) is 0 Å². The minimum atomic E-state index is 0.628. The summed E-state index contributed by atoms with van der Waals surface area (Å²) in [6.07, 6.45) is 6.48. The Kier molecular flexibility index (Phi) is 4.34. The number of hydrogen-bond acceptors (Lipinski definition) is 7. The SMILES string of the molecule is COc1cnc(CSn2cnc3cc4c(cc32)OC=CO4)c(C)c1OC. The van der Waals surface area contributed by atoms with Gasteiger partial charge in [-0.2, -0.15) is 0 Å². The van der Waals surface area contributed by atoms with Gasteiger partial charge in [0.15, 0.2) is 23.0 Å². The molecule has 3 heterocycles. The lowest BCUT2D eigenvalue weighted by Gasteiger charge is -2.14. The maximum Gasteiger partial charge on any atom is 0.179 e. The zero-order valence-electron chi connectivity index (χ0n) is 14.6. The number of methoxy groups -OCH3 is 2. The van der Waals surface area contributed by atoms with Crippen LogP contribution in [0.1, 0.15) is 11.3 Å². The summed E-state index contributed by atoms with van der Waals surface area (Å²) in [4.78, 5) is 8.93. The minimum Gasteiger partial charge on any atom is -0.492 e. The average molecular weight is 371 g/mol. The second-order valence-electron chi connectivity index (χ2n) is 5.57. The molecule has 2 aromatic heterocycles. The predicted molar refractivity (Wildman–Crippen MR) is 98.9 cm³/mol. The molecule has 4 rings (SSSR count). The van der Waals surface area contributed by atoms with Gasteiger partial charge in [-0.15, -0.1) is 0 Å². The summed E-state index contributed by atoms with van der Waals surface area (Å²) in [5.41, 5.74) is 3.68. The van der Waals surface area contributed by atoms with Crippen LogP contribution in [0.15, 0.2) is 37.2 Å². The first-order valence-electron chi connectivity index (χ1n) is 7.90. The summed E-state index contributed by atoms with van der Waals surface area (Å²) < 4.78 is 23.7. The Morgan fingerprint density at radius 1 is 1.08 bits per heavy atom. The van der Waals surface area contributed by atoms with Gasteiger partial charge in [0.05, 0.1) is 42.9 Å². The molecule has 0 radical (unpaired) electrons. The molecule has 7 nitrogen and oxygen atoms in total.